The van der Waals surface area contributed by atoms with Gasteiger partial charge in [0.1, 0.15) is 23.2 Å². The number of hydrogen-bond acceptors (Lipinski definition) is 5. The minimum Gasteiger partial charge on any atom is -0.493 e. The van der Waals surface area contributed by atoms with E-state index in [1.165, 1.54) is 0 Å². The Balaban J connectivity index is 2.44. The van der Waals surface area contributed by atoms with E-state index in [0.29, 0.717) is 23.7 Å². The summed E-state index contributed by atoms with van der Waals surface area (Å²) in [5, 5.41) is 19.9. The Hall–Kier alpha value is -1.79. The van der Waals surface area contributed by atoms with Crippen LogP contribution in [0.1, 0.15) is 32.4 Å². The van der Waals surface area contributed by atoms with Gasteiger partial charge in [0.2, 0.25) is 0 Å². The van der Waals surface area contributed by atoms with Crippen molar-refractivity contribution >= 4 is 5.97 Å². The number of likely N-dealkylation sites (N-methyl/N-ethyl adjacent to an activating group) is 1. The molecule has 2 rings (SSSR count). The van der Waals surface area contributed by atoms with Gasteiger partial charge in [0.05, 0.1) is 24.8 Å². The van der Waals surface area contributed by atoms with Crippen LogP contribution in [0.4, 0.5) is 0 Å². The van der Waals surface area contributed by atoms with Crippen molar-refractivity contribution in [2.24, 2.45) is 0 Å². The first-order valence-electron chi connectivity index (χ1n) is 7.32. The van der Waals surface area contributed by atoms with Crippen molar-refractivity contribution in [3.05, 3.63) is 23.8 Å². The molecule has 0 amide bonds. The number of ether oxygens (including phenoxy) is 2. The molecule has 6 nitrogen and oxygen atoms in total. The first kappa shape index (κ1) is 16.6. The molecule has 0 aliphatic carbocycles. The molecular formula is C16H23NO5. The van der Waals surface area contributed by atoms with Crippen molar-refractivity contribution in [2.45, 2.75) is 38.5 Å². The average molecular weight is 309 g/mol. The normalized spacial score (nSPS) is 22.8. The molecule has 1 aromatic carbocycles. The Bertz CT molecular complexity index is 557. The number of aliphatic carboxylic acids is 1. The smallest absolute Gasteiger partial charge is 0.317 e. The number of carboxylic acids is 1. The summed E-state index contributed by atoms with van der Waals surface area (Å²) in [5.41, 5.74) is -0.160. The summed E-state index contributed by atoms with van der Waals surface area (Å²) in [7, 11) is 1.67. The van der Waals surface area contributed by atoms with E-state index in [1.54, 1.807) is 24.1 Å². The topological polar surface area (TPSA) is 79.2 Å². The predicted molar refractivity (Wildman–Crippen MR) is 81.3 cm³/mol. The highest BCUT2D eigenvalue weighted by atomic mass is 16.5. The van der Waals surface area contributed by atoms with Crippen molar-refractivity contribution in [1.29, 1.82) is 0 Å². The van der Waals surface area contributed by atoms with Crippen LogP contribution < -0.4 is 9.47 Å². The quantitative estimate of drug-likeness (QED) is 0.861. The Morgan fingerprint density at radius 3 is 2.73 bits per heavy atom. The maximum atomic E-state index is 11.0. The lowest BCUT2D eigenvalue weighted by atomic mass is 9.84. The molecule has 0 aromatic heterocycles. The molecule has 0 bridgehead atoms. The van der Waals surface area contributed by atoms with Gasteiger partial charge < -0.3 is 19.7 Å². The van der Waals surface area contributed by atoms with Crippen molar-refractivity contribution in [3.63, 3.8) is 0 Å². The minimum absolute atomic E-state index is 0.180. The van der Waals surface area contributed by atoms with Gasteiger partial charge in [0, 0.05) is 0 Å². The molecule has 0 saturated heterocycles. The SMILES string of the molecule is CCOc1cccc2c1C(O)C(N(C)CC(=O)O)C(C)(C)O2. The second kappa shape index (κ2) is 6.14. The van der Waals surface area contributed by atoms with E-state index in [4.69, 9.17) is 14.6 Å². The third-order valence-corrected chi connectivity index (χ3v) is 3.87. The fourth-order valence-electron chi connectivity index (χ4n) is 3.15. The van der Waals surface area contributed by atoms with Gasteiger partial charge in [-0.2, -0.15) is 0 Å². The Morgan fingerprint density at radius 1 is 1.45 bits per heavy atom. The van der Waals surface area contributed by atoms with Gasteiger partial charge in [-0.05, 0) is 40.0 Å². The summed E-state index contributed by atoms with van der Waals surface area (Å²) >= 11 is 0. The van der Waals surface area contributed by atoms with Gasteiger partial charge in [0.25, 0.3) is 0 Å². The molecule has 0 radical (unpaired) electrons. The standard InChI is InChI=1S/C16H23NO5/c1-5-21-10-7-6-8-11-13(10)14(20)15(16(2,3)22-11)17(4)9-12(18)19/h6-8,14-15,20H,5,9H2,1-4H3,(H,18,19). The van der Waals surface area contributed by atoms with E-state index >= 15 is 0 Å². The zero-order chi connectivity index (χ0) is 16.5. The summed E-state index contributed by atoms with van der Waals surface area (Å²) in [6.45, 7) is 5.85. The van der Waals surface area contributed by atoms with Gasteiger partial charge in [-0.25, -0.2) is 0 Å². The Morgan fingerprint density at radius 2 is 2.14 bits per heavy atom. The zero-order valence-electron chi connectivity index (χ0n) is 13.4. The molecule has 1 aliphatic rings. The number of carbonyl (C=O) groups is 1. The molecule has 0 saturated carbocycles. The number of fused-ring (bicyclic) bond motifs is 1. The maximum Gasteiger partial charge on any atom is 0.317 e. The highest BCUT2D eigenvalue weighted by molar-refractivity contribution is 5.69. The molecule has 22 heavy (non-hydrogen) atoms. The summed E-state index contributed by atoms with van der Waals surface area (Å²) in [6.07, 6.45) is -0.897. The molecular weight excluding hydrogens is 286 g/mol. The number of aliphatic hydroxyl groups is 1. The second-order valence-electron chi connectivity index (χ2n) is 6.01. The lowest BCUT2D eigenvalue weighted by Gasteiger charge is -2.46. The van der Waals surface area contributed by atoms with Crippen LogP contribution in [0.25, 0.3) is 0 Å². The Labute approximate surface area is 130 Å². The zero-order valence-corrected chi connectivity index (χ0v) is 13.4. The molecule has 2 N–H and O–H groups in total. The van der Waals surface area contributed by atoms with Crippen molar-refractivity contribution in [2.75, 3.05) is 20.2 Å². The van der Waals surface area contributed by atoms with Crippen LogP contribution in [0, 0.1) is 0 Å². The van der Waals surface area contributed by atoms with E-state index in [-0.39, 0.29) is 6.54 Å². The number of hydrogen-bond donors (Lipinski definition) is 2. The number of aliphatic hydroxyl groups excluding tert-OH is 1. The van der Waals surface area contributed by atoms with Crippen molar-refractivity contribution in [3.8, 4) is 11.5 Å². The van der Waals surface area contributed by atoms with Crippen LogP contribution >= 0.6 is 0 Å². The largest absolute Gasteiger partial charge is 0.493 e. The molecule has 122 valence electrons. The van der Waals surface area contributed by atoms with Crippen molar-refractivity contribution in [1.82, 2.24) is 4.90 Å². The summed E-state index contributed by atoms with van der Waals surface area (Å²) in [6, 6.07) is 4.88. The van der Waals surface area contributed by atoms with E-state index in [1.807, 2.05) is 26.8 Å². The summed E-state index contributed by atoms with van der Waals surface area (Å²) in [4.78, 5) is 12.6. The highest BCUT2D eigenvalue weighted by Crippen LogP contribution is 2.45. The van der Waals surface area contributed by atoms with Gasteiger partial charge in [-0.3, -0.25) is 9.69 Å². The fourth-order valence-corrected chi connectivity index (χ4v) is 3.15. The fraction of sp³-hybridized carbons (Fsp3) is 0.562. The van der Waals surface area contributed by atoms with E-state index < -0.39 is 23.7 Å². The third kappa shape index (κ3) is 3.03. The summed E-state index contributed by atoms with van der Waals surface area (Å²) in [5.74, 6) is 0.189. The lowest BCUT2D eigenvalue weighted by Crippen LogP contribution is -2.57. The minimum atomic E-state index is -0.950. The van der Waals surface area contributed by atoms with E-state index in [9.17, 15) is 9.90 Å². The lowest BCUT2D eigenvalue weighted by molar-refractivity contribution is -0.142. The van der Waals surface area contributed by atoms with Crippen LogP contribution in [0.5, 0.6) is 11.5 Å². The first-order chi connectivity index (χ1) is 10.3. The molecule has 1 aromatic rings. The van der Waals surface area contributed by atoms with Gasteiger partial charge in [0.15, 0.2) is 0 Å². The van der Waals surface area contributed by atoms with Crippen LogP contribution in [-0.4, -0.2) is 52.9 Å². The molecule has 2 unspecified atom stereocenters. The number of benzene rings is 1. The average Bonchev–Trinajstić information content (AvgIpc) is 2.36. The monoisotopic (exact) mass is 309 g/mol. The summed E-state index contributed by atoms with van der Waals surface area (Å²) < 4.78 is 11.6. The van der Waals surface area contributed by atoms with Crippen molar-refractivity contribution < 1.29 is 24.5 Å². The third-order valence-electron chi connectivity index (χ3n) is 3.87. The molecule has 6 heteroatoms. The molecule has 0 fully saturated rings. The van der Waals surface area contributed by atoms with Crippen LogP contribution in [0.2, 0.25) is 0 Å². The van der Waals surface area contributed by atoms with Gasteiger partial charge >= 0.3 is 5.97 Å². The maximum absolute atomic E-state index is 11.0. The molecule has 1 aliphatic heterocycles. The number of nitrogens with zero attached hydrogens (tertiary/aromatic N) is 1. The van der Waals surface area contributed by atoms with Crippen LogP contribution in [0.15, 0.2) is 18.2 Å². The first-order valence-corrected chi connectivity index (χ1v) is 7.32. The molecule has 1 heterocycles. The van der Waals surface area contributed by atoms with Crippen LogP contribution in [-0.2, 0) is 4.79 Å². The molecule has 0 spiro atoms. The Kier molecular flexibility index (Phi) is 4.63. The predicted octanol–water partition coefficient (Wildman–Crippen LogP) is 1.67. The van der Waals surface area contributed by atoms with Gasteiger partial charge in [-0.1, -0.05) is 6.07 Å². The highest BCUT2D eigenvalue weighted by Gasteiger charge is 2.47. The van der Waals surface area contributed by atoms with Gasteiger partial charge in [-0.15, -0.1) is 0 Å². The van der Waals surface area contributed by atoms with E-state index in [0.717, 1.165) is 0 Å². The number of carboxylic acid groups (broad SMARTS) is 1. The van der Waals surface area contributed by atoms with Crippen LogP contribution in [0.3, 0.4) is 0 Å². The second-order valence-corrected chi connectivity index (χ2v) is 6.01. The number of rotatable bonds is 5. The van der Waals surface area contributed by atoms with E-state index in [2.05, 4.69) is 0 Å². The molecule has 2 atom stereocenters.